The normalized spacial score (nSPS) is 10.4. The van der Waals surface area contributed by atoms with E-state index in [0.29, 0.717) is 11.8 Å². The minimum absolute atomic E-state index is 0.155. The van der Waals surface area contributed by atoms with Crippen LogP contribution < -0.4 is 5.73 Å². The van der Waals surface area contributed by atoms with Gasteiger partial charge < -0.3 is 10.5 Å². The van der Waals surface area contributed by atoms with Crippen molar-refractivity contribution in [3.05, 3.63) is 34.2 Å². The Morgan fingerprint density at radius 1 is 1.58 bits per heavy atom. The second-order valence-electron chi connectivity index (χ2n) is 3.54. The summed E-state index contributed by atoms with van der Waals surface area (Å²) in [5.74, 6) is 0.451. The quantitative estimate of drug-likeness (QED) is 0.519. The summed E-state index contributed by atoms with van der Waals surface area (Å²) < 4.78 is 4.86. The maximum absolute atomic E-state index is 11.5. The van der Waals surface area contributed by atoms with Crippen molar-refractivity contribution in [3.63, 3.8) is 0 Å². The first kappa shape index (κ1) is 13.8. The van der Waals surface area contributed by atoms with Crippen LogP contribution in [-0.4, -0.2) is 22.5 Å². The Bertz CT molecular complexity index is 558. The largest absolute Gasteiger partial charge is 0.462 e. The Morgan fingerprint density at radius 3 is 3.05 bits per heavy atom. The number of anilines is 1. The molecule has 19 heavy (non-hydrogen) atoms. The standard InChI is InChI=1S/C12H13N3O2S2/c1-2-17-11(16)9-6-14-12(15-10(9)13)19-7-8-4-3-5-18-8/h3-6H,2,7H2,1H3,(H2,13,14,15). The first-order valence-electron chi connectivity index (χ1n) is 5.65. The van der Waals surface area contributed by atoms with E-state index < -0.39 is 5.97 Å². The van der Waals surface area contributed by atoms with Crippen molar-refractivity contribution in [3.8, 4) is 0 Å². The van der Waals surface area contributed by atoms with E-state index in [1.54, 1.807) is 18.3 Å². The molecule has 2 rings (SSSR count). The molecule has 0 amide bonds. The molecule has 100 valence electrons. The van der Waals surface area contributed by atoms with Crippen LogP contribution in [0.25, 0.3) is 0 Å². The molecule has 2 N–H and O–H groups in total. The molecule has 7 heteroatoms. The van der Waals surface area contributed by atoms with E-state index in [4.69, 9.17) is 10.5 Å². The number of aromatic nitrogens is 2. The third-order valence-electron chi connectivity index (χ3n) is 2.22. The zero-order chi connectivity index (χ0) is 13.7. The van der Waals surface area contributed by atoms with Gasteiger partial charge in [-0.1, -0.05) is 17.8 Å². The molecule has 0 aromatic carbocycles. The summed E-state index contributed by atoms with van der Waals surface area (Å²) in [4.78, 5) is 21.0. The van der Waals surface area contributed by atoms with Crippen LogP contribution in [0.5, 0.6) is 0 Å². The van der Waals surface area contributed by atoms with Gasteiger partial charge in [0.05, 0.1) is 6.61 Å². The highest BCUT2D eigenvalue weighted by atomic mass is 32.2. The molecule has 5 nitrogen and oxygen atoms in total. The molecule has 0 saturated carbocycles. The van der Waals surface area contributed by atoms with Gasteiger partial charge in [-0.15, -0.1) is 11.3 Å². The molecule has 0 atom stereocenters. The number of rotatable bonds is 5. The minimum atomic E-state index is -0.491. The number of hydrogen-bond acceptors (Lipinski definition) is 7. The van der Waals surface area contributed by atoms with Crippen molar-refractivity contribution in [2.75, 3.05) is 12.3 Å². The van der Waals surface area contributed by atoms with Crippen LogP contribution in [0.4, 0.5) is 5.82 Å². The van der Waals surface area contributed by atoms with Crippen LogP contribution in [0.15, 0.2) is 28.9 Å². The average Bonchev–Trinajstić information content (AvgIpc) is 2.89. The van der Waals surface area contributed by atoms with Gasteiger partial charge >= 0.3 is 5.97 Å². The highest BCUT2D eigenvalue weighted by Gasteiger charge is 2.13. The lowest BCUT2D eigenvalue weighted by atomic mass is 10.3. The van der Waals surface area contributed by atoms with Gasteiger partial charge in [0.15, 0.2) is 5.16 Å². The van der Waals surface area contributed by atoms with Crippen LogP contribution >= 0.6 is 23.1 Å². The number of hydrogen-bond donors (Lipinski definition) is 1. The Morgan fingerprint density at radius 2 is 2.42 bits per heavy atom. The fraction of sp³-hybridized carbons (Fsp3) is 0.250. The monoisotopic (exact) mass is 295 g/mol. The SMILES string of the molecule is CCOC(=O)c1cnc(SCc2cccs2)nc1N. The molecule has 0 bridgehead atoms. The second-order valence-corrected chi connectivity index (χ2v) is 5.51. The lowest BCUT2D eigenvalue weighted by Crippen LogP contribution is -2.10. The molecule has 2 aromatic heterocycles. The second kappa shape index (κ2) is 6.53. The molecule has 0 unspecified atom stereocenters. The van der Waals surface area contributed by atoms with Gasteiger partial charge in [0.1, 0.15) is 11.4 Å². The Kier molecular flexibility index (Phi) is 4.75. The lowest BCUT2D eigenvalue weighted by molar-refractivity contribution is 0.0526. The summed E-state index contributed by atoms with van der Waals surface area (Å²) in [6.45, 7) is 2.04. The third-order valence-corrected chi connectivity index (χ3v) is 4.18. The van der Waals surface area contributed by atoms with Crippen LogP contribution in [0.2, 0.25) is 0 Å². The van der Waals surface area contributed by atoms with E-state index in [9.17, 15) is 4.79 Å². The highest BCUT2D eigenvalue weighted by molar-refractivity contribution is 7.98. The average molecular weight is 295 g/mol. The number of carbonyl (C=O) groups excluding carboxylic acids is 1. The van der Waals surface area contributed by atoms with Gasteiger partial charge in [0.2, 0.25) is 0 Å². The zero-order valence-corrected chi connectivity index (χ0v) is 12.0. The zero-order valence-electron chi connectivity index (χ0n) is 10.3. The van der Waals surface area contributed by atoms with Crippen molar-refractivity contribution in [2.45, 2.75) is 17.8 Å². The van der Waals surface area contributed by atoms with Crippen molar-refractivity contribution < 1.29 is 9.53 Å². The molecular formula is C12H13N3O2S2. The molecular weight excluding hydrogens is 282 g/mol. The Hall–Kier alpha value is -1.60. The Balaban J connectivity index is 2.04. The number of nitrogen functional groups attached to an aromatic ring is 1. The first-order valence-corrected chi connectivity index (χ1v) is 7.52. The van der Waals surface area contributed by atoms with Crippen LogP contribution in [0.3, 0.4) is 0 Å². The number of nitrogens with two attached hydrogens (primary N) is 1. The van der Waals surface area contributed by atoms with Crippen LogP contribution in [0.1, 0.15) is 22.2 Å². The number of esters is 1. The van der Waals surface area contributed by atoms with E-state index in [-0.39, 0.29) is 11.4 Å². The summed E-state index contributed by atoms with van der Waals surface area (Å²) in [7, 11) is 0. The molecule has 0 fully saturated rings. The number of thiophene rings is 1. The maximum atomic E-state index is 11.5. The fourth-order valence-corrected chi connectivity index (χ4v) is 2.94. The summed E-state index contributed by atoms with van der Waals surface area (Å²) in [5, 5.41) is 2.58. The van der Waals surface area contributed by atoms with Gasteiger partial charge in [0, 0.05) is 16.8 Å². The molecule has 0 radical (unpaired) electrons. The fourth-order valence-electron chi connectivity index (χ4n) is 1.34. The topological polar surface area (TPSA) is 78.1 Å². The summed E-state index contributed by atoms with van der Waals surface area (Å²) >= 11 is 3.16. The van der Waals surface area contributed by atoms with Gasteiger partial charge in [-0.25, -0.2) is 14.8 Å². The molecule has 2 heterocycles. The number of nitrogens with zero attached hydrogens (tertiary/aromatic N) is 2. The maximum Gasteiger partial charge on any atom is 0.343 e. The number of carbonyl (C=O) groups is 1. The predicted octanol–water partition coefficient (Wildman–Crippen LogP) is 2.59. The lowest BCUT2D eigenvalue weighted by Gasteiger charge is -2.05. The molecule has 0 spiro atoms. The van der Waals surface area contributed by atoms with E-state index in [1.165, 1.54) is 22.8 Å². The van der Waals surface area contributed by atoms with Gasteiger partial charge in [0.25, 0.3) is 0 Å². The third kappa shape index (κ3) is 3.68. The summed E-state index contributed by atoms with van der Waals surface area (Å²) in [5.41, 5.74) is 5.95. The van der Waals surface area contributed by atoms with Crippen molar-refractivity contribution >= 4 is 34.9 Å². The van der Waals surface area contributed by atoms with E-state index in [0.717, 1.165) is 5.75 Å². The molecule has 0 aliphatic heterocycles. The molecule has 0 aliphatic rings. The smallest absolute Gasteiger partial charge is 0.343 e. The minimum Gasteiger partial charge on any atom is -0.462 e. The van der Waals surface area contributed by atoms with Gasteiger partial charge in [-0.3, -0.25) is 0 Å². The van der Waals surface area contributed by atoms with Crippen LogP contribution in [-0.2, 0) is 10.5 Å². The van der Waals surface area contributed by atoms with Crippen molar-refractivity contribution in [2.24, 2.45) is 0 Å². The van der Waals surface area contributed by atoms with Crippen molar-refractivity contribution in [1.82, 2.24) is 9.97 Å². The predicted molar refractivity (Wildman–Crippen MR) is 76.3 cm³/mol. The van der Waals surface area contributed by atoms with E-state index in [1.807, 2.05) is 17.5 Å². The highest BCUT2D eigenvalue weighted by Crippen LogP contribution is 2.23. The first-order chi connectivity index (χ1) is 9.20. The van der Waals surface area contributed by atoms with Gasteiger partial charge in [-0.2, -0.15) is 0 Å². The molecule has 2 aromatic rings. The van der Waals surface area contributed by atoms with E-state index >= 15 is 0 Å². The summed E-state index contributed by atoms with van der Waals surface area (Å²) in [6, 6.07) is 4.05. The number of ether oxygens (including phenoxy) is 1. The molecule has 0 saturated heterocycles. The van der Waals surface area contributed by atoms with Gasteiger partial charge in [-0.05, 0) is 18.4 Å². The number of thioether (sulfide) groups is 1. The summed E-state index contributed by atoms with van der Waals surface area (Å²) in [6.07, 6.45) is 1.41. The van der Waals surface area contributed by atoms with Crippen LogP contribution in [0, 0.1) is 0 Å². The van der Waals surface area contributed by atoms with Crippen molar-refractivity contribution in [1.29, 1.82) is 0 Å². The Labute approximate surface area is 119 Å². The molecule has 0 aliphatic carbocycles. The van der Waals surface area contributed by atoms with E-state index in [2.05, 4.69) is 9.97 Å².